The van der Waals surface area contributed by atoms with Gasteiger partial charge in [-0.05, 0) is 25.5 Å². The summed E-state index contributed by atoms with van der Waals surface area (Å²) in [6.45, 7) is 0.432. The van der Waals surface area contributed by atoms with Gasteiger partial charge in [0.1, 0.15) is 0 Å². The van der Waals surface area contributed by atoms with Crippen LogP contribution in [0.3, 0.4) is 0 Å². The van der Waals surface area contributed by atoms with Crippen LogP contribution in [0.2, 0.25) is 0 Å². The SMILES string of the molecule is CN(CC(=O)NC1CC1)CC(O)c1cccc([N+](=O)[O-])c1. The van der Waals surface area contributed by atoms with Crippen LogP contribution in [0, 0.1) is 10.1 Å². The average molecular weight is 293 g/mol. The molecule has 1 unspecified atom stereocenters. The molecule has 1 aromatic rings. The van der Waals surface area contributed by atoms with Crippen molar-refractivity contribution in [3.8, 4) is 0 Å². The van der Waals surface area contributed by atoms with Crippen LogP contribution in [-0.2, 0) is 4.79 Å². The zero-order valence-electron chi connectivity index (χ0n) is 11.9. The van der Waals surface area contributed by atoms with E-state index in [2.05, 4.69) is 5.32 Å². The molecule has 0 aromatic heterocycles. The third kappa shape index (κ3) is 4.80. The van der Waals surface area contributed by atoms with Gasteiger partial charge in [0.2, 0.25) is 5.91 Å². The second-order valence-corrected chi connectivity index (χ2v) is 5.41. The molecule has 0 saturated heterocycles. The summed E-state index contributed by atoms with van der Waals surface area (Å²) in [5, 5.41) is 23.7. The van der Waals surface area contributed by atoms with E-state index in [9.17, 15) is 20.0 Å². The van der Waals surface area contributed by atoms with Crippen molar-refractivity contribution in [2.45, 2.75) is 25.0 Å². The maximum atomic E-state index is 11.6. The largest absolute Gasteiger partial charge is 0.387 e. The summed E-state index contributed by atoms with van der Waals surface area (Å²) >= 11 is 0. The first-order valence-corrected chi connectivity index (χ1v) is 6.86. The van der Waals surface area contributed by atoms with Crippen molar-refractivity contribution in [3.63, 3.8) is 0 Å². The Hall–Kier alpha value is -1.99. The third-order valence-corrected chi connectivity index (χ3v) is 3.31. The van der Waals surface area contributed by atoms with Crippen molar-refractivity contribution in [3.05, 3.63) is 39.9 Å². The Morgan fingerprint density at radius 1 is 1.57 bits per heavy atom. The van der Waals surface area contributed by atoms with Crippen molar-refractivity contribution < 1.29 is 14.8 Å². The molecule has 1 aromatic carbocycles. The third-order valence-electron chi connectivity index (χ3n) is 3.31. The number of carbonyl (C=O) groups is 1. The van der Waals surface area contributed by atoms with Crippen LogP contribution in [0.1, 0.15) is 24.5 Å². The molecule has 0 spiro atoms. The number of amides is 1. The van der Waals surface area contributed by atoms with Gasteiger partial charge >= 0.3 is 0 Å². The standard InChI is InChI=1S/C14H19N3O4/c1-16(9-14(19)15-11-5-6-11)8-13(18)10-3-2-4-12(7-10)17(20)21/h2-4,7,11,13,18H,5-6,8-9H2,1H3,(H,15,19). The molecule has 1 saturated carbocycles. The minimum atomic E-state index is -0.872. The van der Waals surface area contributed by atoms with Gasteiger partial charge in [0.05, 0.1) is 17.6 Å². The summed E-state index contributed by atoms with van der Waals surface area (Å²) in [5.41, 5.74) is 0.416. The van der Waals surface area contributed by atoms with Crippen LogP contribution < -0.4 is 5.32 Å². The van der Waals surface area contributed by atoms with Gasteiger partial charge in [-0.15, -0.1) is 0 Å². The van der Waals surface area contributed by atoms with E-state index in [0.717, 1.165) is 12.8 Å². The molecule has 0 heterocycles. The van der Waals surface area contributed by atoms with Gasteiger partial charge in [-0.25, -0.2) is 0 Å². The lowest BCUT2D eigenvalue weighted by Crippen LogP contribution is -2.37. The zero-order valence-corrected chi connectivity index (χ0v) is 11.9. The van der Waals surface area contributed by atoms with Gasteiger partial charge in [-0.3, -0.25) is 19.8 Å². The van der Waals surface area contributed by atoms with Gasteiger partial charge in [-0.2, -0.15) is 0 Å². The Bertz CT molecular complexity index is 531. The number of non-ortho nitro benzene ring substituents is 1. The summed E-state index contributed by atoms with van der Waals surface area (Å²) in [6.07, 6.45) is 1.20. The molecule has 1 atom stereocenters. The number of carbonyl (C=O) groups excluding carboxylic acids is 1. The van der Waals surface area contributed by atoms with E-state index in [4.69, 9.17) is 0 Å². The Balaban J connectivity index is 1.87. The smallest absolute Gasteiger partial charge is 0.269 e. The Morgan fingerprint density at radius 2 is 2.29 bits per heavy atom. The molecule has 1 aliphatic rings. The van der Waals surface area contributed by atoms with Crippen LogP contribution in [0.15, 0.2) is 24.3 Å². The van der Waals surface area contributed by atoms with Crippen molar-refractivity contribution in [1.82, 2.24) is 10.2 Å². The number of rotatable bonds is 7. The summed E-state index contributed by atoms with van der Waals surface area (Å²) in [7, 11) is 1.73. The molecule has 7 heteroatoms. The van der Waals surface area contributed by atoms with Crippen LogP contribution in [0.4, 0.5) is 5.69 Å². The molecule has 1 amide bonds. The number of nitro groups is 1. The molecule has 1 fully saturated rings. The van der Waals surface area contributed by atoms with E-state index in [1.807, 2.05) is 0 Å². The second-order valence-electron chi connectivity index (χ2n) is 5.41. The maximum Gasteiger partial charge on any atom is 0.269 e. The lowest BCUT2D eigenvalue weighted by atomic mass is 10.1. The average Bonchev–Trinajstić information content (AvgIpc) is 3.22. The highest BCUT2D eigenvalue weighted by molar-refractivity contribution is 5.78. The van der Waals surface area contributed by atoms with Crippen molar-refractivity contribution in [1.29, 1.82) is 0 Å². The lowest BCUT2D eigenvalue weighted by Gasteiger charge is -2.20. The van der Waals surface area contributed by atoms with Gasteiger partial charge in [0.25, 0.3) is 5.69 Å². The van der Waals surface area contributed by atoms with E-state index >= 15 is 0 Å². The van der Waals surface area contributed by atoms with Crippen molar-refractivity contribution in [2.24, 2.45) is 0 Å². The predicted molar refractivity (Wildman–Crippen MR) is 76.7 cm³/mol. The molecule has 0 radical (unpaired) electrons. The number of nitro benzene ring substituents is 1. The molecule has 1 aliphatic carbocycles. The fraction of sp³-hybridized carbons (Fsp3) is 0.500. The number of hydrogen-bond acceptors (Lipinski definition) is 5. The van der Waals surface area contributed by atoms with E-state index in [-0.39, 0.29) is 24.7 Å². The summed E-state index contributed by atoms with van der Waals surface area (Å²) in [6, 6.07) is 6.21. The van der Waals surface area contributed by atoms with Crippen molar-refractivity contribution in [2.75, 3.05) is 20.1 Å². The summed E-state index contributed by atoms with van der Waals surface area (Å²) in [5.74, 6) is -0.0637. The topological polar surface area (TPSA) is 95.7 Å². The first-order valence-electron chi connectivity index (χ1n) is 6.86. The highest BCUT2D eigenvalue weighted by Gasteiger charge is 2.24. The minimum absolute atomic E-state index is 0.0549. The van der Waals surface area contributed by atoms with Gasteiger partial charge in [0.15, 0.2) is 0 Å². The highest BCUT2D eigenvalue weighted by Crippen LogP contribution is 2.20. The Kier molecular flexibility index (Phi) is 4.87. The maximum absolute atomic E-state index is 11.6. The number of aliphatic hydroxyl groups is 1. The molecule has 21 heavy (non-hydrogen) atoms. The molecule has 114 valence electrons. The van der Waals surface area contributed by atoms with Gasteiger partial charge < -0.3 is 10.4 Å². The van der Waals surface area contributed by atoms with E-state index in [1.54, 1.807) is 18.0 Å². The number of aliphatic hydroxyl groups excluding tert-OH is 1. The predicted octanol–water partition coefficient (Wildman–Crippen LogP) is 0.839. The fourth-order valence-electron chi connectivity index (χ4n) is 2.06. The molecule has 2 N–H and O–H groups in total. The quantitative estimate of drug-likeness (QED) is 0.573. The number of nitrogens with zero attached hydrogens (tertiary/aromatic N) is 2. The molecule has 0 bridgehead atoms. The molecular formula is C14H19N3O4. The molecule has 7 nitrogen and oxygen atoms in total. The fourth-order valence-corrected chi connectivity index (χ4v) is 2.06. The number of likely N-dealkylation sites (N-methyl/N-ethyl adjacent to an activating group) is 1. The molecular weight excluding hydrogens is 274 g/mol. The van der Waals surface area contributed by atoms with Gasteiger partial charge in [-0.1, -0.05) is 12.1 Å². The normalized spacial score (nSPS) is 15.8. The number of hydrogen-bond donors (Lipinski definition) is 2. The summed E-state index contributed by atoms with van der Waals surface area (Å²) in [4.78, 5) is 23.6. The number of nitrogens with one attached hydrogen (secondary N) is 1. The van der Waals surface area contributed by atoms with Crippen LogP contribution in [0.25, 0.3) is 0 Å². The molecule has 2 rings (SSSR count). The summed E-state index contributed by atoms with van der Waals surface area (Å²) < 4.78 is 0. The molecule has 0 aliphatic heterocycles. The van der Waals surface area contributed by atoms with Gasteiger partial charge in [0, 0.05) is 24.7 Å². The van der Waals surface area contributed by atoms with Crippen LogP contribution in [0.5, 0.6) is 0 Å². The number of benzene rings is 1. The van der Waals surface area contributed by atoms with Crippen LogP contribution in [-0.4, -0.2) is 47.0 Å². The lowest BCUT2D eigenvalue weighted by molar-refractivity contribution is -0.385. The Labute approximate surface area is 122 Å². The monoisotopic (exact) mass is 293 g/mol. The first kappa shape index (κ1) is 15.4. The van der Waals surface area contributed by atoms with Crippen molar-refractivity contribution >= 4 is 11.6 Å². The van der Waals surface area contributed by atoms with Crippen LogP contribution >= 0.6 is 0 Å². The second kappa shape index (κ2) is 6.64. The first-order chi connectivity index (χ1) is 9.95. The van der Waals surface area contributed by atoms with E-state index in [1.165, 1.54) is 18.2 Å². The van der Waals surface area contributed by atoms with E-state index in [0.29, 0.717) is 11.6 Å². The minimum Gasteiger partial charge on any atom is -0.387 e. The highest BCUT2D eigenvalue weighted by atomic mass is 16.6. The zero-order chi connectivity index (χ0) is 15.4. The Morgan fingerprint density at radius 3 is 2.90 bits per heavy atom. The van der Waals surface area contributed by atoms with E-state index < -0.39 is 11.0 Å².